The predicted octanol–water partition coefficient (Wildman–Crippen LogP) is 2.64. The molecule has 3 unspecified atom stereocenters. The quantitative estimate of drug-likeness (QED) is 0.808. The lowest BCUT2D eigenvalue weighted by Gasteiger charge is -2.28. The molecular formula is C16H25NO4. The lowest BCUT2D eigenvalue weighted by atomic mass is 9.80. The van der Waals surface area contributed by atoms with Crippen LogP contribution < -0.4 is 15.2 Å². The SMILES string of the molecule is COc1cccc(C(C)C(C)CC(C)(N)C(=O)O)c1OC. The molecule has 0 amide bonds. The van der Waals surface area contributed by atoms with Crippen LogP contribution in [0.4, 0.5) is 0 Å². The molecule has 0 radical (unpaired) electrons. The number of para-hydroxylation sites is 1. The molecule has 5 nitrogen and oxygen atoms in total. The maximum atomic E-state index is 11.2. The third-order valence-corrected chi connectivity index (χ3v) is 4.01. The third-order valence-electron chi connectivity index (χ3n) is 4.01. The van der Waals surface area contributed by atoms with Crippen LogP contribution in [-0.4, -0.2) is 30.8 Å². The molecular weight excluding hydrogens is 270 g/mol. The standard InChI is InChI=1S/C16H25NO4/c1-10(9-16(3,17)15(18)19)11(2)12-7-6-8-13(20-4)14(12)21-5/h6-8,10-11H,9,17H2,1-5H3,(H,18,19). The van der Waals surface area contributed by atoms with Crippen molar-refractivity contribution < 1.29 is 19.4 Å². The van der Waals surface area contributed by atoms with Gasteiger partial charge in [0.25, 0.3) is 0 Å². The summed E-state index contributed by atoms with van der Waals surface area (Å²) in [5.74, 6) is 0.546. The van der Waals surface area contributed by atoms with Crippen molar-refractivity contribution >= 4 is 5.97 Å². The molecule has 5 heteroatoms. The second-order valence-electron chi connectivity index (χ2n) is 5.78. The summed E-state index contributed by atoms with van der Waals surface area (Å²) in [6.07, 6.45) is 0.379. The number of nitrogens with two attached hydrogens (primary N) is 1. The van der Waals surface area contributed by atoms with E-state index < -0.39 is 11.5 Å². The Balaban J connectivity index is 3.03. The largest absolute Gasteiger partial charge is 0.493 e. The fourth-order valence-electron chi connectivity index (χ4n) is 2.51. The highest BCUT2D eigenvalue weighted by molar-refractivity contribution is 5.77. The van der Waals surface area contributed by atoms with E-state index in [1.165, 1.54) is 0 Å². The van der Waals surface area contributed by atoms with E-state index in [1.54, 1.807) is 21.1 Å². The van der Waals surface area contributed by atoms with Crippen LogP contribution in [0.3, 0.4) is 0 Å². The molecule has 0 aliphatic heterocycles. The minimum absolute atomic E-state index is 0.0807. The smallest absolute Gasteiger partial charge is 0.323 e. The van der Waals surface area contributed by atoms with E-state index in [0.29, 0.717) is 17.9 Å². The van der Waals surface area contributed by atoms with Crippen LogP contribution in [0.25, 0.3) is 0 Å². The number of methoxy groups -OCH3 is 2. The Morgan fingerprint density at radius 2 is 1.95 bits per heavy atom. The van der Waals surface area contributed by atoms with E-state index >= 15 is 0 Å². The first kappa shape index (κ1) is 17.3. The van der Waals surface area contributed by atoms with Crippen LogP contribution in [0.5, 0.6) is 11.5 Å². The zero-order valence-corrected chi connectivity index (χ0v) is 13.3. The van der Waals surface area contributed by atoms with Gasteiger partial charge >= 0.3 is 5.97 Å². The molecule has 0 saturated heterocycles. The summed E-state index contributed by atoms with van der Waals surface area (Å²) < 4.78 is 10.7. The summed E-state index contributed by atoms with van der Waals surface area (Å²) in [4.78, 5) is 11.2. The number of ether oxygens (including phenoxy) is 2. The Kier molecular flexibility index (Phi) is 5.61. The lowest BCUT2D eigenvalue weighted by molar-refractivity contribution is -0.143. The molecule has 0 saturated carbocycles. The first-order chi connectivity index (χ1) is 9.74. The molecule has 0 heterocycles. The molecule has 0 aromatic heterocycles. The van der Waals surface area contributed by atoms with Gasteiger partial charge in [0.1, 0.15) is 5.54 Å². The van der Waals surface area contributed by atoms with Crippen molar-refractivity contribution in [1.82, 2.24) is 0 Å². The van der Waals surface area contributed by atoms with Crippen molar-refractivity contribution in [2.24, 2.45) is 11.7 Å². The maximum Gasteiger partial charge on any atom is 0.323 e. The first-order valence-electron chi connectivity index (χ1n) is 6.97. The van der Waals surface area contributed by atoms with E-state index in [2.05, 4.69) is 0 Å². The molecule has 3 N–H and O–H groups in total. The van der Waals surface area contributed by atoms with Gasteiger partial charge in [-0.05, 0) is 31.2 Å². The number of carboxylic acid groups (broad SMARTS) is 1. The Morgan fingerprint density at radius 3 is 2.43 bits per heavy atom. The topological polar surface area (TPSA) is 81.8 Å². The molecule has 1 aromatic carbocycles. The highest BCUT2D eigenvalue weighted by Crippen LogP contribution is 2.39. The fraction of sp³-hybridized carbons (Fsp3) is 0.562. The van der Waals surface area contributed by atoms with Gasteiger partial charge in [0.05, 0.1) is 14.2 Å². The van der Waals surface area contributed by atoms with E-state index in [4.69, 9.17) is 20.3 Å². The molecule has 21 heavy (non-hydrogen) atoms. The van der Waals surface area contributed by atoms with Gasteiger partial charge < -0.3 is 20.3 Å². The van der Waals surface area contributed by atoms with Gasteiger partial charge in [-0.15, -0.1) is 0 Å². The van der Waals surface area contributed by atoms with Gasteiger partial charge in [0.15, 0.2) is 11.5 Å². The minimum Gasteiger partial charge on any atom is -0.493 e. The van der Waals surface area contributed by atoms with Gasteiger partial charge in [-0.25, -0.2) is 0 Å². The van der Waals surface area contributed by atoms with Gasteiger partial charge in [0.2, 0.25) is 0 Å². The van der Waals surface area contributed by atoms with Gasteiger partial charge in [-0.1, -0.05) is 26.0 Å². The average molecular weight is 295 g/mol. The number of aliphatic carboxylic acids is 1. The second kappa shape index (κ2) is 6.80. The normalized spacial score (nSPS) is 16.7. The van der Waals surface area contributed by atoms with Crippen molar-refractivity contribution in [2.45, 2.75) is 38.6 Å². The van der Waals surface area contributed by atoms with E-state index in [-0.39, 0.29) is 11.8 Å². The van der Waals surface area contributed by atoms with Crippen molar-refractivity contribution in [1.29, 1.82) is 0 Å². The first-order valence-corrected chi connectivity index (χ1v) is 6.97. The molecule has 0 bridgehead atoms. The third kappa shape index (κ3) is 3.88. The summed E-state index contributed by atoms with van der Waals surface area (Å²) in [5.41, 5.74) is 5.60. The number of carboxylic acids is 1. The number of benzene rings is 1. The Bertz CT molecular complexity index is 499. The van der Waals surface area contributed by atoms with Crippen molar-refractivity contribution in [3.8, 4) is 11.5 Å². The highest BCUT2D eigenvalue weighted by Gasteiger charge is 2.32. The Labute approximate surface area is 126 Å². The number of carbonyl (C=O) groups is 1. The van der Waals surface area contributed by atoms with E-state index in [0.717, 1.165) is 5.56 Å². The fourth-order valence-corrected chi connectivity index (χ4v) is 2.51. The van der Waals surface area contributed by atoms with Gasteiger partial charge in [-0.2, -0.15) is 0 Å². The van der Waals surface area contributed by atoms with E-state index in [1.807, 2.05) is 32.0 Å². The van der Waals surface area contributed by atoms with Crippen LogP contribution >= 0.6 is 0 Å². The van der Waals surface area contributed by atoms with Crippen LogP contribution in [0, 0.1) is 5.92 Å². The Morgan fingerprint density at radius 1 is 1.33 bits per heavy atom. The monoisotopic (exact) mass is 295 g/mol. The summed E-state index contributed by atoms with van der Waals surface area (Å²) >= 11 is 0. The number of rotatable bonds is 7. The van der Waals surface area contributed by atoms with Crippen LogP contribution in [-0.2, 0) is 4.79 Å². The van der Waals surface area contributed by atoms with Crippen molar-refractivity contribution in [3.63, 3.8) is 0 Å². The molecule has 1 rings (SSSR count). The zero-order chi connectivity index (χ0) is 16.2. The summed E-state index contributed by atoms with van der Waals surface area (Å²) in [6, 6.07) is 5.71. The lowest BCUT2D eigenvalue weighted by Crippen LogP contribution is -2.46. The van der Waals surface area contributed by atoms with Gasteiger partial charge in [0, 0.05) is 5.56 Å². The zero-order valence-electron chi connectivity index (χ0n) is 13.3. The number of hydrogen-bond donors (Lipinski definition) is 2. The minimum atomic E-state index is -1.24. The molecule has 0 aliphatic rings. The Hall–Kier alpha value is -1.75. The molecule has 0 spiro atoms. The molecule has 1 aromatic rings. The van der Waals surface area contributed by atoms with Crippen LogP contribution in [0.1, 0.15) is 38.7 Å². The van der Waals surface area contributed by atoms with Crippen molar-refractivity contribution in [2.75, 3.05) is 14.2 Å². The molecule has 3 atom stereocenters. The van der Waals surface area contributed by atoms with Crippen LogP contribution in [0.2, 0.25) is 0 Å². The molecule has 0 aliphatic carbocycles. The van der Waals surface area contributed by atoms with Gasteiger partial charge in [-0.3, -0.25) is 4.79 Å². The molecule has 0 fully saturated rings. The van der Waals surface area contributed by atoms with Crippen LogP contribution in [0.15, 0.2) is 18.2 Å². The predicted molar refractivity (Wildman–Crippen MR) is 82.0 cm³/mol. The summed E-state index contributed by atoms with van der Waals surface area (Å²) in [6.45, 7) is 5.58. The van der Waals surface area contributed by atoms with Crippen molar-refractivity contribution in [3.05, 3.63) is 23.8 Å². The number of hydrogen-bond acceptors (Lipinski definition) is 4. The molecule has 118 valence electrons. The summed E-state index contributed by atoms with van der Waals surface area (Å²) in [7, 11) is 3.19. The maximum absolute atomic E-state index is 11.2. The highest BCUT2D eigenvalue weighted by atomic mass is 16.5. The summed E-state index contributed by atoms with van der Waals surface area (Å²) in [5, 5.41) is 9.16. The second-order valence-corrected chi connectivity index (χ2v) is 5.78. The van der Waals surface area contributed by atoms with E-state index in [9.17, 15) is 4.79 Å². The average Bonchev–Trinajstić information content (AvgIpc) is 2.44.